The van der Waals surface area contributed by atoms with E-state index in [1.165, 1.54) is 0 Å². The third-order valence-corrected chi connectivity index (χ3v) is 6.40. The number of amides is 1. The van der Waals surface area contributed by atoms with Gasteiger partial charge in [-0.1, -0.05) is 79.8 Å². The largest absolute Gasteiger partial charge is 0.479 e. The number of benzene rings is 1. The fourth-order valence-electron chi connectivity index (χ4n) is 4.00. The Morgan fingerprint density at radius 2 is 1.35 bits per heavy atom. The molecule has 2 N–H and O–H groups in total. The van der Waals surface area contributed by atoms with E-state index in [4.69, 9.17) is 9.47 Å². The average molecular weight is 674 g/mol. The van der Waals surface area contributed by atoms with Gasteiger partial charge in [0.1, 0.15) is 5.75 Å². The van der Waals surface area contributed by atoms with Crippen LogP contribution in [0.1, 0.15) is 94.0 Å². The molecule has 1 rings (SSSR count). The Balaban J connectivity index is 2.32. The molecule has 0 aromatic heterocycles. The molecule has 1 aromatic carbocycles. The minimum atomic E-state index is -4.71. The van der Waals surface area contributed by atoms with Crippen molar-refractivity contribution >= 4 is 23.8 Å². The Morgan fingerprint density at radius 1 is 0.833 bits per heavy atom. The van der Waals surface area contributed by atoms with Crippen LogP contribution in [0.3, 0.4) is 0 Å². The molecule has 0 aliphatic heterocycles. The molecular formula is C37H46F3NO7. The highest BCUT2D eigenvalue weighted by Gasteiger charge is 2.32. The molecule has 48 heavy (non-hydrogen) atoms. The van der Waals surface area contributed by atoms with Crippen molar-refractivity contribution in [2.45, 2.75) is 90.3 Å². The Labute approximate surface area is 280 Å². The maximum atomic E-state index is 13.0. The van der Waals surface area contributed by atoms with E-state index in [9.17, 15) is 37.5 Å². The quantitative estimate of drug-likeness (QED) is 0.0548. The number of allylic oxidation sites excluding steroid dienone is 12. The van der Waals surface area contributed by atoms with Crippen molar-refractivity contribution in [2.24, 2.45) is 0 Å². The van der Waals surface area contributed by atoms with Gasteiger partial charge in [0, 0.05) is 19.9 Å². The lowest BCUT2D eigenvalue weighted by molar-refractivity contribution is -0.164. The van der Waals surface area contributed by atoms with Crippen LogP contribution in [0, 0.1) is 0 Å². The number of carbonyl (C=O) groups excluding carboxylic acids is 3. The first-order valence-corrected chi connectivity index (χ1v) is 16.0. The highest BCUT2D eigenvalue weighted by atomic mass is 19.4. The van der Waals surface area contributed by atoms with E-state index in [-0.39, 0.29) is 31.4 Å². The maximum Gasteiger partial charge on any atom is 0.416 e. The number of aliphatic carboxylic acids is 1. The standard InChI is InChI=1S/C37H46F3NO7/c1-3-4-5-6-7-8-9-10-11-12-13-14-15-16-17-18-19-20-21-24-34(43)48-32(36(45)46)23-22-27-41-35(44)31-26-25-30(37(38,39)40)28-33(31)47-29(2)42/h4-5,7-8,10-11,13-14,16-17,19-20,25-26,28,32H,3,6,9,12,15,18,21-24,27H2,1-2H3,(H,41,44)(H,45,46)/b5-4-,8-7-,11-10-,14-13-,17-16-,20-19-. The van der Waals surface area contributed by atoms with Crippen molar-refractivity contribution in [3.63, 3.8) is 0 Å². The van der Waals surface area contributed by atoms with Gasteiger partial charge in [0.2, 0.25) is 0 Å². The van der Waals surface area contributed by atoms with Gasteiger partial charge in [-0.3, -0.25) is 14.4 Å². The Morgan fingerprint density at radius 3 is 1.83 bits per heavy atom. The summed E-state index contributed by atoms with van der Waals surface area (Å²) >= 11 is 0. The molecule has 0 aliphatic rings. The molecule has 0 aliphatic carbocycles. The van der Waals surface area contributed by atoms with Crippen LogP contribution in [0.4, 0.5) is 13.2 Å². The van der Waals surface area contributed by atoms with Crippen LogP contribution in [0.5, 0.6) is 5.75 Å². The summed E-state index contributed by atoms with van der Waals surface area (Å²) in [5.41, 5.74) is -1.39. The van der Waals surface area contributed by atoms with Gasteiger partial charge in [-0.15, -0.1) is 0 Å². The van der Waals surface area contributed by atoms with Gasteiger partial charge in [-0.05, 0) is 76.0 Å². The zero-order valence-electron chi connectivity index (χ0n) is 27.5. The van der Waals surface area contributed by atoms with E-state index in [1.807, 2.05) is 24.3 Å². The fraction of sp³-hybridized carbons (Fsp3) is 0.405. The number of alkyl halides is 3. The van der Waals surface area contributed by atoms with Crippen LogP contribution >= 0.6 is 0 Å². The van der Waals surface area contributed by atoms with Crippen molar-refractivity contribution in [3.05, 3.63) is 102 Å². The summed E-state index contributed by atoms with van der Waals surface area (Å²) in [6.07, 6.45) is 24.5. The summed E-state index contributed by atoms with van der Waals surface area (Å²) in [7, 11) is 0. The van der Waals surface area contributed by atoms with E-state index in [0.717, 1.165) is 45.1 Å². The number of nitrogens with one attached hydrogen (secondary N) is 1. The Bertz CT molecular complexity index is 1340. The number of hydrogen-bond acceptors (Lipinski definition) is 6. The van der Waals surface area contributed by atoms with Crippen molar-refractivity contribution in [1.29, 1.82) is 0 Å². The second-order valence-electron chi connectivity index (χ2n) is 10.5. The molecule has 11 heteroatoms. The predicted octanol–water partition coefficient (Wildman–Crippen LogP) is 8.62. The molecule has 0 heterocycles. The van der Waals surface area contributed by atoms with Gasteiger partial charge >= 0.3 is 24.1 Å². The van der Waals surface area contributed by atoms with Gasteiger partial charge in [-0.2, -0.15) is 13.2 Å². The fourth-order valence-corrected chi connectivity index (χ4v) is 4.00. The lowest BCUT2D eigenvalue weighted by Crippen LogP contribution is -2.30. The van der Waals surface area contributed by atoms with E-state index < -0.39 is 47.4 Å². The SMILES string of the molecule is CC/C=C\C/C=C\C/C=C\C/C=C\C/C=C\C/C=C\CCC(=O)OC(CCCNC(=O)c1ccc(C(F)(F)F)cc1OC(C)=O)C(=O)O. The molecule has 0 saturated heterocycles. The van der Waals surface area contributed by atoms with Crippen molar-refractivity contribution in [3.8, 4) is 5.75 Å². The number of carbonyl (C=O) groups is 4. The van der Waals surface area contributed by atoms with Crippen LogP contribution < -0.4 is 10.1 Å². The number of hydrogen-bond donors (Lipinski definition) is 2. The summed E-state index contributed by atoms with van der Waals surface area (Å²) < 4.78 is 48.9. The number of carboxylic acid groups (broad SMARTS) is 1. The highest BCUT2D eigenvalue weighted by molar-refractivity contribution is 5.97. The second-order valence-corrected chi connectivity index (χ2v) is 10.5. The second kappa shape index (κ2) is 24.5. The molecule has 0 fully saturated rings. The molecule has 1 aromatic rings. The van der Waals surface area contributed by atoms with Gasteiger partial charge in [-0.25, -0.2) is 4.79 Å². The molecule has 0 saturated carbocycles. The minimum absolute atomic E-state index is 0.00444. The summed E-state index contributed by atoms with van der Waals surface area (Å²) in [6, 6.07) is 2.12. The van der Waals surface area contributed by atoms with Gasteiger partial charge in [0.25, 0.3) is 5.91 Å². The van der Waals surface area contributed by atoms with Gasteiger partial charge in [0.15, 0.2) is 6.10 Å². The van der Waals surface area contributed by atoms with Crippen molar-refractivity contribution in [2.75, 3.05) is 6.54 Å². The zero-order valence-corrected chi connectivity index (χ0v) is 27.5. The summed E-state index contributed by atoms with van der Waals surface area (Å²) in [5.74, 6) is -4.31. The van der Waals surface area contributed by atoms with Gasteiger partial charge in [0.05, 0.1) is 11.1 Å². The van der Waals surface area contributed by atoms with Crippen molar-refractivity contribution < 1.29 is 46.9 Å². The molecule has 1 atom stereocenters. The first kappa shape index (κ1) is 41.4. The molecule has 1 amide bonds. The molecule has 8 nitrogen and oxygen atoms in total. The molecular weight excluding hydrogens is 627 g/mol. The third kappa shape index (κ3) is 19.8. The summed E-state index contributed by atoms with van der Waals surface area (Å²) in [6.45, 7) is 3.03. The first-order chi connectivity index (χ1) is 23.0. The molecule has 0 radical (unpaired) electrons. The van der Waals surface area contributed by atoms with E-state index in [2.05, 4.69) is 60.8 Å². The Kier molecular flexibility index (Phi) is 21.1. The highest BCUT2D eigenvalue weighted by Crippen LogP contribution is 2.33. The predicted molar refractivity (Wildman–Crippen MR) is 179 cm³/mol. The smallest absolute Gasteiger partial charge is 0.416 e. The zero-order chi connectivity index (χ0) is 35.6. The maximum absolute atomic E-state index is 13.0. The molecule has 0 bridgehead atoms. The summed E-state index contributed by atoms with van der Waals surface area (Å²) in [4.78, 5) is 47.5. The van der Waals surface area contributed by atoms with Crippen LogP contribution in [0.25, 0.3) is 0 Å². The topological polar surface area (TPSA) is 119 Å². The normalized spacial score (nSPS) is 13.0. The van der Waals surface area contributed by atoms with Crippen LogP contribution in [0.15, 0.2) is 91.1 Å². The molecule has 0 spiro atoms. The number of halogens is 3. The van der Waals surface area contributed by atoms with Gasteiger partial charge < -0.3 is 19.9 Å². The van der Waals surface area contributed by atoms with Crippen LogP contribution in [-0.2, 0) is 25.3 Å². The monoisotopic (exact) mass is 673 g/mol. The minimum Gasteiger partial charge on any atom is -0.479 e. The van der Waals surface area contributed by atoms with E-state index >= 15 is 0 Å². The molecule has 1 unspecified atom stereocenters. The Hall–Kier alpha value is -4.67. The van der Waals surface area contributed by atoms with Crippen molar-refractivity contribution in [1.82, 2.24) is 5.32 Å². The van der Waals surface area contributed by atoms with E-state index in [0.29, 0.717) is 25.0 Å². The van der Waals surface area contributed by atoms with E-state index in [1.54, 1.807) is 0 Å². The lowest BCUT2D eigenvalue weighted by atomic mass is 10.1. The van der Waals surface area contributed by atoms with Crippen LogP contribution in [-0.4, -0.2) is 41.6 Å². The van der Waals surface area contributed by atoms with Crippen LogP contribution in [0.2, 0.25) is 0 Å². The number of rotatable bonds is 22. The number of esters is 2. The number of carboxylic acids is 1. The average Bonchev–Trinajstić information content (AvgIpc) is 3.02. The lowest BCUT2D eigenvalue weighted by Gasteiger charge is -2.15. The third-order valence-electron chi connectivity index (χ3n) is 6.40. The first-order valence-electron chi connectivity index (χ1n) is 16.0. The summed E-state index contributed by atoms with van der Waals surface area (Å²) in [5, 5.41) is 11.9. The molecule has 262 valence electrons. The number of ether oxygens (including phenoxy) is 2.